The zero-order valence-corrected chi connectivity index (χ0v) is 9.65. The van der Waals surface area contributed by atoms with Crippen molar-refractivity contribution in [3.05, 3.63) is 38.3 Å². The Morgan fingerprint density at radius 1 is 1.38 bits per heavy atom. The summed E-state index contributed by atoms with van der Waals surface area (Å²) in [4.78, 5) is 11.4. The Balaban J connectivity index is 3.99. The van der Waals surface area contributed by atoms with Gasteiger partial charge in [0.2, 0.25) is 5.91 Å². The van der Waals surface area contributed by atoms with Crippen LogP contribution >= 0.6 is 0 Å². The van der Waals surface area contributed by atoms with Gasteiger partial charge < -0.3 is 14.8 Å². The third-order valence-electron chi connectivity index (χ3n) is 1.96. The Hall–Kier alpha value is -1.71. The zero-order chi connectivity index (χ0) is 12.4. The fourth-order valence-electron chi connectivity index (χ4n) is 0.940. The molecule has 2 atom stereocenters. The lowest BCUT2D eigenvalue weighted by molar-refractivity contribution is -0.123. The number of carbonyl (C=O) groups excluding carboxylic acids is 1. The van der Waals surface area contributed by atoms with E-state index in [4.69, 9.17) is 9.47 Å². The minimum absolute atomic E-state index is 0.0914. The molecular weight excluding hydrogens is 206 g/mol. The SMILES string of the molecule is C=COCC(CNC(=O)C(C)C=C)OC=C. The largest absolute Gasteiger partial charge is 0.498 e. The molecule has 2 unspecified atom stereocenters. The fourth-order valence-corrected chi connectivity index (χ4v) is 0.940. The summed E-state index contributed by atoms with van der Waals surface area (Å²) in [6.07, 6.45) is 3.96. The highest BCUT2D eigenvalue weighted by Crippen LogP contribution is 1.97. The number of ether oxygens (including phenoxy) is 2. The first-order valence-corrected chi connectivity index (χ1v) is 5.04. The second kappa shape index (κ2) is 8.59. The zero-order valence-electron chi connectivity index (χ0n) is 9.65. The van der Waals surface area contributed by atoms with E-state index in [1.165, 1.54) is 12.5 Å². The normalized spacial score (nSPS) is 13.1. The molecule has 0 aliphatic carbocycles. The van der Waals surface area contributed by atoms with E-state index < -0.39 is 0 Å². The number of hydrogen-bond acceptors (Lipinski definition) is 3. The summed E-state index contributed by atoms with van der Waals surface area (Å²) in [5.74, 6) is -0.309. The van der Waals surface area contributed by atoms with E-state index in [9.17, 15) is 4.79 Å². The summed E-state index contributed by atoms with van der Waals surface area (Å²) in [7, 11) is 0. The van der Waals surface area contributed by atoms with Crippen LogP contribution in [0.2, 0.25) is 0 Å². The molecule has 0 saturated carbocycles. The summed E-state index contributed by atoms with van der Waals surface area (Å²) in [5, 5.41) is 2.73. The van der Waals surface area contributed by atoms with Gasteiger partial charge in [0, 0.05) is 0 Å². The average molecular weight is 225 g/mol. The van der Waals surface area contributed by atoms with Crippen LogP contribution in [0.25, 0.3) is 0 Å². The summed E-state index contributed by atoms with van der Waals surface area (Å²) < 4.78 is 10.1. The molecule has 0 aliphatic heterocycles. The van der Waals surface area contributed by atoms with Gasteiger partial charge in [0.25, 0.3) is 0 Å². The molecule has 0 aromatic carbocycles. The molecule has 90 valence electrons. The molecular formula is C12H19NO3. The maximum atomic E-state index is 11.4. The van der Waals surface area contributed by atoms with Gasteiger partial charge in [0.05, 0.1) is 25.0 Å². The molecule has 0 aliphatic rings. The summed E-state index contributed by atoms with van der Waals surface area (Å²) >= 11 is 0. The van der Waals surface area contributed by atoms with Gasteiger partial charge in [-0.25, -0.2) is 0 Å². The van der Waals surface area contributed by atoms with E-state index in [0.29, 0.717) is 13.2 Å². The topological polar surface area (TPSA) is 47.6 Å². The second-order valence-corrected chi connectivity index (χ2v) is 3.19. The van der Waals surface area contributed by atoms with Crippen LogP contribution in [0.5, 0.6) is 0 Å². The van der Waals surface area contributed by atoms with Crippen molar-refractivity contribution in [1.82, 2.24) is 5.32 Å². The minimum Gasteiger partial charge on any atom is -0.498 e. The first-order chi connectivity index (χ1) is 7.65. The van der Waals surface area contributed by atoms with Gasteiger partial charge in [0.1, 0.15) is 12.7 Å². The molecule has 1 N–H and O–H groups in total. The highest BCUT2D eigenvalue weighted by atomic mass is 16.5. The predicted molar refractivity (Wildman–Crippen MR) is 63.6 cm³/mol. The van der Waals surface area contributed by atoms with Crippen LogP contribution in [0.15, 0.2) is 38.3 Å². The fraction of sp³-hybridized carbons (Fsp3) is 0.417. The van der Waals surface area contributed by atoms with Crippen molar-refractivity contribution in [2.75, 3.05) is 13.2 Å². The van der Waals surface area contributed by atoms with E-state index in [2.05, 4.69) is 25.1 Å². The molecule has 0 aromatic heterocycles. The van der Waals surface area contributed by atoms with Crippen LogP contribution in [0.1, 0.15) is 6.92 Å². The Morgan fingerprint density at radius 3 is 2.56 bits per heavy atom. The van der Waals surface area contributed by atoms with Crippen LogP contribution in [0, 0.1) is 5.92 Å². The van der Waals surface area contributed by atoms with E-state index in [1.807, 2.05) is 0 Å². The molecule has 0 spiro atoms. The molecule has 16 heavy (non-hydrogen) atoms. The average Bonchev–Trinajstić information content (AvgIpc) is 2.31. The Labute approximate surface area is 96.6 Å². The number of rotatable bonds is 9. The highest BCUT2D eigenvalue weighted by Gasteiger charge is 2.13. The van der Waals surface area contributed by atoms with Gasteiger partial charge in [0.15, 0.2) is 0 Å². The monoisotopic (exact) mass is 225 g/mol. The van der Waals surface area contributed by atoms with Crippen molar-refractivity contribution < 1.29 is 14.3 Å². The minimum atomic E-state index is -0.267. The Bertz CT molecular complexity index is 251. The predicted octanol–water partition coefficient (Wildman–Crippen LogP) is 1.61. The molecule has 4 nitrogen and oxygen atoms in total. The van der Waals surface area contributed by atoms with Crippen molar-refractivity contribution in [2.45, 2.75) is 13.0 Å². The quantitative estimate of drug-likeness (QED) is 0.479. The van der Waals surface area contributed by atoms with Crippen molar-refractivity contribution in [3.8, 4) is 0 Å². The Morgan fingerprint density at radius 2 is 2.06 bits per heavy atom. The van der Waals surface area contributed by atoms with Crippen molar-refractivity contribution in [3.63, 3.8) is 0 Å². The second-order valence-electron chi connectivity index (χ2n) is 3.19. The number of nitrogens with one attached hydrogen (secondary N) is 1. The third-order valence-corrected chi connectivity index (χ3v) is 1.96. The van der Waals surface area contributed by atoms with Crippen molar-refractivity contribution in [2.24, 2.45) is 5.92 Å². The van der Waals surface area contributed by atoms with Crippen LogP contribution in [-0.4, -0.2) is 25.2 Å². The van der Waals surface area contributed by atoms with E-state index in [0.717, 1.165) is 0 Å². The van der Waals surface area contributed by atoms with Crippen molar-refractivity contribution >= 4 is 5.91 Å². The van der Waals surface area contributed by atoms with Gasteiger partial charge in [-0.15, -0.1) is 6.58 Å². The maximum absolute atomic E-state index is 11.4. The van der Waals surface area contributed by atoms with Crippen LogP contribution < -0.4 is 5.32 Å². The highest BCUT2D eigenvalue weighted by molar-refractivity contribution is 5.79. The Kier molecular flexibility index (Phi) is 7.67. The lowest BCUT2D eigenvalue weighted by Crippen LogP contribution is -2.37. The van der Waals surface area contributed by atoms with Crippen LogP contribution in [0.4, 0.5) is 0 Å². The standard InChI is InChI=1S/C12H19NO3/c1-5-10(4)12(14)13-8-11(16-7-3)9-15-6-2/h5-7,10-11H,1-3,8-9H2,4H3,(H,13,14). The van der Waals surface area contributed by atoms with Crippen LogP contribution in [0.3, 0.4) is 0 Å². The molecule has 0 bridgehead atoms. The molecule has 4 heteroatoms. The van der Waals surface area contributed by atoms with Gasteiger partial charge in [-0.1, -0.05) is 26.2 Å². The van der Waals surface area contributed by atoms with Crippen molar-refractivity contribution in [1.29, 1.82) is 0 Å². The van der Waals surface area contributed by atoms with E-state index >= 15 is 0 Å². The lowest BCUT2D eigenvalue weighted by atomic mass is 10.1. The first kappa shape index (κ1) is 14.3. The van der Waals surface area contributed by atoms with E-state index in [-0.39, 0.29) is 17.9 Å². The lowest BCUT2D eigenvalue weighted by Gasteiger charge is -2.17. The van der Waals surface area contributed by atoms with Gasteiger partial charge >= 0.3 is 0 Å². The smallest absolute Gasteiger partial charge is 0.226 e. The summed E-state index contributed by atoms with van der Waals surface area (Å²) in [6, 6.07) is 0. The maximum Gasteiger partial charge on any atom is 0.226 e. The summed E-state index contributed by atoms with van der Waals surface area (Å²) in [6.45, 7) is 12.9. The first-order valence-electron chi connectivity index (χ1n) is 5.04. The molecule has 0 heterocycles. The third kappa shape index (κ3) is 5.90. The molecule has 0 saturated heterocycles. The van der Waals surface area contributed by atoms with Crippen LogP contribution in [-0.2, 0) is 14.3 Å². The van der Waals surface area contributed by atoms with Gasteiger partial charge in [-0.2, -0.15) is 0 Å². The van der Waals surface area contributed by atoms with E-state index in [1.54, 1.807) is 13.0 Å². The molecule has 0 fully saturated rings. The molecule has 1 amide bonds. The number of amides is 1. The molecule has 0 aromatic rings. The number of hydrogen-bond donors (Lipinski definition) is 1. The number of carbonyl (C=O) groups is 1. The van der Waals surface area contributed by atoms with Gasteiger partial charge in [-0.05, 0) is 0 Å². The molecule has 0 radical (unpaired) electrons. The molecule has 0 rings (SSSR count). The van der Waals surface area contributed by atoms with Gasteiger partial charge in [-0.3, -0.25) is 4.79 Å². The summed E-state index contributed by atoms with van der Waals surface area (Å²) in [5.41, 5.74) is 0.